The third kappa shape index (κ3) is 2.55. The zero-order valence-corrected chi connectivity index (χ0v) is 13.0. The van der Waals surface area contributed by atoms with Crippen LogP contribution in [0.5, 0.6) is 0 Å². The second-order valence-corrected chi connectivity index (χ2v) is 5.22. The molecule has 3 rings (SSSR count). The van der Waals surface area contributed by atoms with Crippen molar-refractivity contribution in [3.63, 3.8) is 0 Å². The van der Waals surface area contributed by atoms with E-state index in [2.05, 4.69) is 10.1 Å². The zero-order chi connectivity index (χ0) is 16.6. The van der Waals surface area contributed by atoms with Gasteiger partial charge in [-0.25, -0.2) is 14.3 Å². The molecule has 2 heterocycles. The predicted molar refractivity (Wildman–Crippen MR) is 88.2 cm³/mol. The summed E-state index contributed by atoms with van der Waals surface area (Å²) in [5.41, 5.74) is 14.2. The van der Waals surface area contributed by atoms with Gasteiger partial charge in [0.05, 0.1) is 22.9 Å². The molecule has 1 aromatic carbocycles. The smallest absolute Gasteiger partial charge is 0.340 e. The molecule has 0 atom stereocenters. The Morgan fingerprint density at radius 1 is 1.39 bits per heavy atom. The molecule has 0 aliphatic heterocycles. The van der Waals surface area contributed by atoms with Crippen LogP contribution in [-0.4, -0.2) is 27.2 Å². The Hall–Kier alpha value is -2.80. The Labute approximate surface area is 136 Å². The van der Waals surface area contributed by atoms with Gasteiger partial charge in [-0.2, -0.15) is 5.10 Å². The van der Waals surface area contributed by atoms with E-state index in [0.717, 1.165) is 0 Å². The van der Waals surface area contributed by atoms with E-state index in [-0.39, 0.29) is 12.4 Å². The molecule has 0 aliphatic carbocycles. The number of esters is 1. The summed E-state index contributed by atoms with van der Waals surface area (Å²) < 4.78 is 6.61. The monoisotopic (exact) mass is 331 g/mol. The topological polar surface area (TPSA) is 109 Å². The third-order valence-corrected chi connectivity index (χ3v) is 3.71. The van der Waals surface area contributed by atoms with Gasteiger partial charge in [0, 0.05) is 11.8 Å². The maximum absolute atomic E-state index is 12.3. The molecule has 8 heteroatoms. The predicted octanol–water partition coefficient (Wildman–Crippen LogP) is 2.39. The van der Waals surface area contributed by atoms with Crippen molar-refractivity contribution in [3.05, 3.63) is 41.3 Å². The highest BCUT2D eigenvalue weighted by Crippen LogP contribution is 2.35. The van der Waals surface area contributed by atoms with Crippen molar-refractivity contribution in [1.29, 1.82) is 0 Å². The van der Waals surface area contributed by atoms with Crippen molar-refractivity contribution in [2.45, 2.75) is 6.92 Å². The van der Waals surface area contributed by atoms with Crippen LogP contribution in [0.25, 0.3) is 16.6 Å². The largest absolute Gasteiger partial charge is 0.462 e. The number of hydrogen-bond donors (Lipinski definition) is 2. The average Bonchev–Trinajstić information content (AvgIpc) is 2.91. The highest BCUT2D eigenvalue weighted by molar-refractivity contribution is 6.33. The van der Waals surface area contributed by atoms with Crippen molar-refractivity contribution >= 4 is 34.6 Å². The number of nitrogen functional groups attached to an aromatic ring is 2. The number of nitrogens with zero attached hydrogens (tertiary/aromatic N) is 3. The number of fused-ring (bicyclic) bond motifs is 1. The number of aromatic nitrogens is 3. The molecule has 0 radical (unpaired) electrons. The van der Waals surface area contributed by atoms with Gasteiger partial charge < -0.3 is 16.2 Å². The van der Waals surface area contributed by atoms with E-state index in [1.807, 2.05) is 0 Å². The van der Waals surface area contributed by atoms with E-state index >= 15 is 0 Å². The minimum absolute atomic E-state index is 0.249. The first-order chi connectivity index (χ1) is 11.0. The van der Waals surface area contributed by atoms with Crippen LogP contribution in [0, 0.1) is 0 Å². The van der Waals surface area contributed by atoms with E-state index in [9.17, 15) is 4.79 Å². The fourth-order valence-electron chi connectivity index (χ4n) is 2.37. The van der Waals surface area contributed by atoms with Crippen molar-refractivity contribution in [2.24, 2.45) is 0 Å². The van der Waals surface area contributed by atoms with Crippen molar-refractivity contribution in [3.8, 4) is 11.1 Å². The quantitative estimate of drug-likeness (QED) is 0.563. The highest BCUT2D eigenvalue weighted by Gasteiger charge is 2.22. The average molecular weight is 332 g/mol. The molecule has 0 saturated heterocycles. The Kier molecular flexibility index (Phi) is 3.79. The Balaban J connectivity index is 2.33. The molecule has 0 amide bonds. The molecule has 3 aromatic rings. The molecule has 23 heavy (non-hydrogen) atoms. The van der Waals surface area contributed by atoms with Gasteiger partial charge in [0.15, 0.2) is 5.82 Å². The molecular weight excluding hydrogens is 318 g/mol. The van der Waals surface area contributed by atoms with E-state index in [1.165, 1.54) is 10.8 Å². The van der Waals surface area contributed by atoms with Crippen LogP contribution in [0.3, 0.4) is 0 Å². The molecule has 0 fully saturated rings. The van der Waals surface area contributed by atoms with E-state index in [1.54, 1.807) is 31.3 Å². The zero-order valence-electron chi connectivity index (χ0n) is 12.3. The van der Waals surface area contributed by atoms with Crippen molar-refractivity contribution in [2.75, 3.05) is 18.1 Å². The normalized spacial score (nSPS) is 10.9. The number of rotatable bonds is 3. The van der Waals surface area contributed by atoms with Crippen molar-refractivity contribution < 1.29 is 9.53 Å². The van der Waals surface area contributed by atoms with Gasteiger partial charge in [-0.15, -0.1) is 0 Å². The van der Waals surface area contributed by atoms with Gasteiger partial charge >= 0.3 is 5.97 Å². The summed E-state index contributed by atoms with van der Waals surface area (Å²) in [6.45, 7) is 2.00. The van der Waals surface area contributed by atoms with Crippen molar-refractivity contribution in [1.82, 2.24) is 14.6 Å². The molecule has 0 spiro atoms. The number of anilines is 2. The second kappa shape index (κ2) is 5.77. The number of nitrogens with two attached hydrogens (primary N) is 2. The van der Waals surface area contributed by atoms with E-state index in [4.69, 9.17) is 27.8 Å². The fourth-order valence-corrected chi connectivity index (χ4v) is 2.55. The summed E-state index contributed by atoms with van der Waals surface area (Å²) in [5, 5.41) is 4.47. The maximum Gasteiger partial charge on any atom is 0.340 e. The number of benzene rings is 1. The third-order valence-electron chi connectivity index (χ3n) is 3.39. The SMILES string of the molecule is CCOC(=O)c1cn2ncnc(N)c2c1-c1ccc(N)c(Cl)c1. The summed E-state index contributed by atoms with van der Waals surface area (Å²) in [6, 6.07) is 5.09. The number of carbonyl (C=O) groups excluding carboxylic acids is 1. The van der Waals surface area contributed by atoms with Gasteiger partial charge in [0.2, 0.25) is 0 Å². The molecule has 0 unspecified atom stereocenters. The highest BCUT2D eigenvalue weighted by atomic mass is 35.5. The Bertz CT molecular complexity index is 906. The molecule has 2 aromatic heterocycles. The summed E-state index contributed by atoms with van der Waals surface area (Å²) in [5.74, 6) is -0.223. The number of ether oxygens (including phenoxy) is 1. The van der Waals surface area contributed by atoms with Gasteiger partial charge in [-0.1, -0.05) is 17.7 Å². The molecule has 7 nitrogen and oxygen atoms in total. The lowest BCUT2D eigenvalue weighted by Gasteiger charge is -2.07. The van der Waals surface area contributed by atoms with Gasteiger partial charge in [0.25, 0.3) is 0 Å². The summed E-state index contributed by atoms with van der Waals surface area (Å²) in [4.78, 5) is 16.3. The minimum atomic E-state index is -0.472. The number of carbonyl (C=O) groups is 1. The molecule has 0 bridgehead atoms. The number of halogens is 1. The fraction of sp³-hybridized carbons (Fsp3) is 0.133. The summed E-state index contributed by atoms with van der Waals surface area (Å²) >= 11 is 6.10. The lowest BCUT2D eigenvalue weighted by atomic mass is 10.0. The van der Waals surface area contributed by atoms with Crippen LogP contribution in [0.4, 0.5) is 11.5 Å². The summed E-state index contributed by atoms with van der Waals surface area (Å²) in [7, 11) is 0. The molecule has 0 aliphatic rings. The molecule has 118 valence electrons. The first-order valence-electron chi connectivity index (χ1n) is 6.87. The molecule has 4 N–H and O–H groups in total. The molecular formula is C15H14ClN5O2. The second-order valence-electron chi connectivity index (χ2n) is 4.81. The lowest BCUT2D eigenvalue weighted by Crippen LogP contribution is -2.05. The van der Waals surface area contributed by atoms with Crippen LogP contribution < -0.4 is 11.5 Å². The van der Waals surface area contributed by atoms with Crippen LogP contribution in [-0.2, 0) is 4.74 Å². The number of hydrogen-bond acceptors (Lipinski definition) is 6. The van der Waals surface area contributed by atoms with E-state index in [0.29, 0.717) is 32.9 Å². The van der Waals surface area contributed by atoms with Crippen LogP contribution in [0.2, 0.25) is 5.02 Å². The van der Waals surface area contributed by atoms with Crippen LogP contribution in [0.15, 0.2) is 30.7 Å². The Morgan fingerprint density at radius 3 is 2.87 bits per heavy atom. The van der Waals surface area contributed by atoms with Gasteiger partial charge in [-0.3, -0.25) is 0 Å². The van der Waals surface area contributed by atoms with Gasteiger partial charge in [0.1, 0.15) is 11.8 Å². The first-order valence-corrected chi connectivity index (χ1v) is 7.25. The van der Waals surface area contributed by atoms with Crippen LogP contribution >= 0.6 is 11.6 Å². The van der Waals surface area contributed by atoms with Crippen LogP contribution in [0.1, 0.15) is 17.3 Å². The Morgan fingerprint density at radius 2 is 2.17 bits per heavy atom. The van der Waals surface area contributed by atoms with E-state index < -0.39 is 5.97 Å². The first kappa shape index (κ1) is 15.1. The van der Waals surface area contributed by atoms with Gasteiger partial charge in [-0.05, 0) is 24.6 Å². The molecule has 0 saturated carbocycles. The standard InChI is InChI=1S/C15H14ClN5O2/c1-2-23-15(22)9-6-21-13(14(18)19-7-20-21)12(9)8-3-4-11(17)10(16)5-8/h3-7H,2,17H2,1H3,(H2,18,19,20). The maximum atomic E-state index is 12.3. The summed E-state index contributed by atoms with van der Waals surface area (Å²) in [6.07, 6.45) is 2.88. The lowest BCUT2D eigenvalue weighted by molar-refractivity contribution is 0.0527. The minimum Gasteiger partial charge on any atom is -0.462 e.